The van der Waals surface area contributed by atoms with Crippen molar-refractivity contribution in [2.24, 2.45) is 11.8 Å². The normalized spacial score (nSPS) is 21.4. The van der Waals surface area contributed by atoms with Crippen molar-refractivity contribution in [2.75, 3.05) is 32.8 Å². The molecule has 2 atom stereocenters. The molecule has 1 heterocycles. The van der Waals surface area contributed by atoms with E-state index < -0.39 is 0 Å². The van der Waals surface area contributed by atoms with E-state index in [1.807, 2.05) is 0 Å². The van der Waals surface area contributed by atoms with Crippen LogP contribution < -0.4 is 0 Å². The van der Waals surface area contributed by atoms with Gasteiger partial charge < -0.3 is 4.74 Å². The van der Waals surface area contributed by atoms with E-state index in [4.69, 9.17) is 4.74 Å². The van der Waals surface area contributed by atoms with E-state index in [0.29, 0.717) is 0 Å². The van der Waals surface area contributed by atoms with Gasteiger partial charge in [-0.2, -0.15) is 0 Å². The summed E-state index contributed by atoms with van der Waals surface area (Å²) in [5.41, 5.74) is 0. The van der Waals surface area contributed by atoms with Crippen LogP contribution in [-0.4, -0.2) is 37.7 Å². The molecule has 1 fully saturated rings. The summed E-state index contributed by atoms with van der Waals surface area (Å²) in [7, 11) is 0. The fourth-order valence-corrected chi connectivity index (χ4v) is 2.82. The molecular formula is C15H31NO. The predicted molar refractivity (Wildman–Crippen MR) is 74.3 cm³/mol. The molecule has 0 N–H and O–H groups in total. The fraction of sp³-hybridized carbons (Fsp3) is 1.00. The van der Waals surface area contributed by atoms with Gasteiger partial charge in [0.15, 0.2) is 0 Å². The highest BCUT2D eigenvalue weighted by Gasteiger charge is 2.16. The van der Waals surface area contributed by atoms with Crippen molar-refractivity contribution >= 4 is 0 Å². The van der Waals surface area contributed by atoms with E-state index >= 15 is 0 Å². The molecule has 0 aliphatic carbocycles. The SMILES string of the molecule is CCCC(CCCN1CCOCC1)C(C)CC. The number of rotatable bonds is 8. The molecule has 0 aromatic rings. The van der Waals surface area contributed by atoms with Crippen LogP contribution in [0, 0.1) is 11.8 Å². The summed E-state index contributed by atoms with van der Waals surface area (Å²) >= 11 is 0. The summed E-state index contributed by atoms with van der Waals surface area (Å²) in [5, 5.41) is 0. The van der Waals surface area contributed by atoms with Crippen molar-refractivity contribution in [2.45, 2.75) is 52.9 Å². The van der Waals surface area contributed by atoms with Crippen molar-refractivity contribution in [1.82, 2.24) is 4.90 Å². The Kier molecular flexibility index (Phi) is 7.87. The molecule has 1 aliphatic rings. The van der Waals surface area contributed by atoms with Gasteiger partial charge in [0, 0.05) is 13.1 Å². The smallest absolute Gasteiger partial charge is 0.0594 e. The third kappa shape index (κ3) is 5.87. The maximum atomic E-state index is 5.38. The Morgan fingerprint density at radius 1 is 1.12 bits per heavy atom. The highest BCUT2D eigenvalue weighted by atomic mass is 16.5. The third-order valence-corrected chi connectivity index (χ3v) is 4.26. The Bertz CT molecular complexity index is 178. The number of ether oxygens (including phenoxy) is 1. The van der Waals surface area contributed by atoms with Crippen LogP contribution in [0.3, 0.4) is 0 Å². The first kappa shape index (κ1) is 15.0. The second-order valence-corrected chi connectivity index (χ2v) is 5.53. The van der Waals surface area contributed by atoms with E-state index in [2.05, 4.69) is 25.7 Å². The van der Waals surface area contributed by atoms with Gasteiger partial charge >= 0.3 is 0 Å². The lowest BCUT2D eigenvalue weighted by Crippen LogP contribution is -2.37. The minimum absolute atomic E-state index is 0.902. The van der Waals surface area contributed by atoms with Crippen molar-refractivity contribution in [3.8, 4) is 0 Å². The molecule has 2 nitrogen and oxygen atoms in total. The average Bonchev–Trinajstić information content (AvgIpc) is 2.38. The molecule has 2 heteroatoms. The highest BCUT2D eigenvalue weighted by Crippen LogP contribution is 2.25. The summed E-state index contributed by atoms with van der Waals surface area (Å²) in [6.07, 6.45) is 6.88. The monoisotopic (exact) mass is 241 g/mol. The summed E-state index contributed by atoms with van der Waals surface area (Å²) in [6, 6.07) is 0. The maximum absolute atomic E-state index is 5.38. The van der Waals surface area contributed by atoms with Crippen LogP contribution in [0.15, 0.2) is 0 Å². The molecule has 17 heavy (non-hydrogen) atoms. The first-order valence-corrected chi connectivity index (χ1v) is 7.58. The topological polar surface area (TPSA) is 12.5 Å². The van der Waals surface area contributed by atoms with Gasteiger partial charge in [-0.1, -0.05) is 40.0 Å². The lowest BCUT2D eigenvalue weighted by Gasteiger charge is -2.28. The van der Waals surface area contributed by atoms with E-state index in [9.17, 15) is 0 Å². The third-order valence-electron chi connectivity index (χ3n) is 4.26. The number of hydrogen-bond acceptors (Lipinski definition) is 2. The van der Waals surface area contributed by atoms with E-state index in [-0.39, 0.29) is 0 Å². The first-order valence-electron chi connectivity index (χ1n) is 7.58. The van der Waals surface area contributed by atoms with Crippen LogP contribution >= 0.6 is 0 Å². The molecule has 0 aromatic carbocycles. The predicted octanol–water partition coefficient (Wildman–Crippen LogP) is 3.56. The van der Waals surface area contributed by atoms with Crippen molar-refractivity contribution in [3.63, 3.8) is 0 Å². The van der Waals surface area contributed by atoms with Crippen LogP contribution in [0.4, 0.5) is 0 Å². The van der Waals surface area contributed by atoms with Gasteiger partial charge in [-0.25, -0.2) is 0 Å². The maximum Gasteiger partial charge on any atom is 0.0594 e. The second-order valence-electron chi connectivity index (χ2n) is 5.53. The van der Waals surface area contributed by atoms with E-state index in [1.165, 1.54) is 38.6 Å². The van der Waals surface area contributed by atoms with E-state index in [1.54, 1.807) is 0 Å². The summed E-state index contributed by atoms with van der Waals surface area (Å²) < 4.78 is 5.38. The minimum Gasteiger partial charge on any atom is -0.379 e. The largest absolute Gasteiger partial charge is 0.379 e. The van der Waals surface area contributed by atoms with Gasteiger partial charge in [0.2, 0.25) is 0 Å². The Labute approximate surface area is 108 Å². The fourth-order valence-electron chi connectivity index (χ4n) is 2.82. The number of hydrogen-bond donors (Lipinski definition) is 0. The minimum atomic E-state index is 0.902. The Hall–Kier alpha value is -0.0800. The van der Waals surface area contributed by atoms with Gasteiger partial charge in [0.05, 0.1) is 13.2 Å². The van der Waals surface area contributed by atoms with Crippen LogP contribution in [-0.2, 0) is 4.74 Å². The summed E-state index contributed by atoms with van der Waals surface area (Å²) in [5.74, 6) is 1.85. The molecule has 102 valence electrons. The van der Waals surface area contributed by atoms with Gasteiger partial charge in [0.1, 0.15) is 0 Å². The summed E-state index contributed by atoms with van der Waals surface area (Å²) in [4.78, 5) is 2.56. The molecule has 1 saturated heterocycles. The van der Waals surface area contributed by atoms with Crippen LogP contribution in [0.2, 0.25) is 0 Å². The van der Waals surface area contributed by atoms with Crippen molar-refractivity contribution in [1.29, 1.82) is 0 Å². The van der Waals surface area contributed by atoms with Crippen LogP contribution in [0.5, 0.6) is 0 Å². The summed E-state index contributed by atoms with van der Waals surface area (Å²) in [6.45, 7) is 12.5. The first-order chi connectivity index (χ1) is 8.27. The average molecular weight is 241 g/mol. The Morgan fingerprint density at radius 2 is 1.82 bits per heavy atom. The molecule has 0 radical (unpaired) electrons. The number of nitrogens with zero attached hydrogens (tertiary/aromatic N) is 1. The lowest BCUT2D eigenvalue weighted by molar-refractivity contribution is 0.0362. The Balaban J connectivity index is 2.16. The van der Waals surface area contributed by atoms with Gasteiger partial charge in [-0.05, 0) is 31.2 Å². The zero-order chi connectivity index (χ0) is 12.5. The molecule has 0 spiro atoms. The second kappa shape index (κ2) is 8.93. The Morgan fingerprint density at radius 3 is 2.41 bits per heavy atom. The van der Waals surface area contributed by atoms with Gasteiger partial charge in [0.25, 0.3) is 0 Å². The zero-order valence-corrected chi connectivity index (χ0v) is 12.1. The molecule has 0 aromatic heterocycles. The molecule has 0 amide bonds. The molecule has 0 bridgehead atoms. The van der Waals surface area contributed by atoms with E-state index in [0.717, 1.165) is 38.1 Å². The lowest BCUT2D eigenvalue weighted by atomic mass is 9.84. The zero-order valence-electron chi connectivity index (χ0n) is 12.1. The molecule has 2 unspecified atom stereocenters. The van der Waals surface area contributed by atoms with Crippen molar-refractivity contribution < 1.29 is 4.74 Å². The van der Waals surface area contributed by atoms with Gasteiger partial charge in [-0.15, -0.1) is 0 Å². The molecular weight excluding hydrogens is 210 g/mol. The quantitative estimate of drug-likeness (QED) is 0.644. The van der Waals surface area contributed by atoms with Crippen molar-refractivity contribution in [3.05, 3.63) is 0 Å². The highest BCUT2D eigenvalue weighted by molar-refractivity contribution is 4.68. The molecule has 1 rings (SSSR count). The molecule has 0 saturated carbocycles. The number of morpholine rings is 1. The molecule has 1 aliphatic heterocycles. The van der Waals surface area contributed by atoms with Gasteiger partial charge in [-0.3, -0.25) is 4.90 Å². The van der Waals surface area contributed by atoms with Crippen LogP contribution in [0.1, 0.15) is 52.9 Å². The standard InChI is InChI=1S/C15H31NO/c1-4-7-15(14(3)5-2)8-6-9-16-10-12-17-13-11-16/h14-15H,4-13H2,1-3H3. The van der Waals surface area contributed by atoms with Crippen LogP contribution in [0.25, 0.3) is 0 Å².